The second-order valence-corrected chi connectivity index (χ2v) is 11.5. The molecular weight excluding hydrogens is 519 g/mol. The molecule has 5 aliphatic heterocycles. The van der Waals surface area contributed by atoms with Crippen LogP contribution in [0.2, 0.25) is 0 Å². The number of benzene rings is 3. The zero-order valence-electron chi connectivity index (χ0n) is 23.6. The first kappa shape index (κ1) is 27.1. The number of halogens is 1. The van der Waals surface area contributed by atoms with Crippen molar-refractivity contribution in [2.24, 2.45) is 5.92 Å². The Morgan fingerprint density at radius 1 is 1.00 bits per heavy atom. The van der Waals surface area contributed by atoms with Gasteiger partial charge in [-0.2, -0.15) is 0 Å². The summed E-state index contributed by atoms with van der Waals surface area (Å²) < 4.78 is 17.1. The molecule has 1 amide bonds. The lowest BCUT2D eigenvalue weighted by molar-refractivity contribution is -0.141. The standard InChI is InChI=1S/C33H35FN4O3/c1-20-26-12-13-29-31(20)35-36-38(29)15-6-4-3-5-7-22-8-11-27(28(34)17-22)32(39)37-16-14-23-9-10-24(18-25(23)19-37)30(26)21(2)33(40)41/h8-13,17-18,21,30H,3-7,14-16,19H2,1-2H3,(H,40,41)/t21-,30-/m0/s1. The van der Waals surface area contributed by atoms with Crippen molar-refractivity contribution < 1.29 is 19.1 Å². The molecule has 212 valence electrons. The first-order chi connectivity index (χ1) is 19.8. The fraction of sp³-hybridized carbons (Fsp3) is 0.394. The number of nitrogens with zero attached hydrogens (tertiary/aromatic N) is 4. The molecule has 1 N–H and O–H groups in total. The molecule has 6 heterocycles. The Morgan fingerprint density at radius 2 is 1.83 bits per heavy atom. The van der Waals surface area contributed by atoms with Gasteiger partial charge in [-0.3, -0.25) is 9.59 Å². The third kappa shape index (κ3) is 5.11. The van der Waals surface area contributed by atoms with Crippen molar-refractivity contribution in [1.29, 1.82) is 0 Å². The Labute approximate surface area is 239 Å². The van der Waals surface area contributed by atoms with E-state index in [9.17, 15) is 14.7 Å². The Bertz CT molecular complexity index is 1650. The van der Waals surface area contributed by atoms with Crippen molar-refractivity contribution in [3.05, 3.63) is 93.3 Å². The summed E-state index contributed by atoms with van der Waals surface area (Å²) in [6.07, 6.45) is 5.36. The molecule has 0 unspecified atom stereocenters. The van der Waals surface area contributed by atoms with E-state index in [0.29, 0.717) is 19.5 Å². The molecule has 9 bridgehead atoms. The molecule has 0 saturated heterocycles. The minimum Gasteiger partial charge on any atom is -0.481 e. The van der Waals surface area contributed by atoms with Gasteiger partial charge in [0.2, 0.25) is 0 Å². The Morgan fingerprint density at radius 3 is 2.63 bits per heavy atom. The first-order valence-corrected chi connectivity index (χ1v) is 14.6. The van der Waals surface area contributed by atoms with Crippen LogP contribution in [0, 0.1) is 18.7 Å². The number of carboxylic acids is 1. The minimum absolute atomic E-state index is 0.0992. The van der Waals surface area contributed by atoms with Gasteiger partial charge in [0.15, 0.2) is 0 Å². The molecule has 1 aromatic heterocycles. The van der Waals surface area contributed by atoms with Gasteiger partial charge in [-0.1, -0.05) is 55.3 Å². The summed E-state index contributed by atoms with van der Waals surface area (Å²) in [6, 6.07) is 15.1. The van der Waals surface area contributed by atoms with E-state index in [1.807, 2.05) is 48.0 Å². The molecule has 5 aliphatic rings. The number of rotatable bonds is 2. The van der Waals surface area contributed by atoms with Gasteiger partial charge in [-0.05, 0) is 84.2 Å². The highest BCUT2D eigenvalue weighted by atomic mass is 19.1. The van der Waals surface area contributed by atoms with Gasteiger partial charge in [0.05, 0.1) is 17.0 Å². The van der Waals surface area contributed by atoms with Crippen molar-refractivity contribution in [2.45, 2.75) is 71.4 Å². The molecule has 0 saturated carbocycles. The van der Waals surface area contributed by atoms with E-state index in [0.717, 1.165) is 83.1 Å². The molecule has 4 aromatic rings. The number of hydrogen-bond donors (Lipinski definition) is 1. The Kier molecular flexibility index (Phi) is 7.32. The average molecular weight is 555 g/mol. The van der Waals surface area contributed by atoms with E-state index < -0.39 is 23.6 Å². The normalized spacial score (nSPS) is 18.6. The van der Waals surface area contributed by atoms with Crippen LogP contribution in [-0.4, -0.2) is 43.4 Å². The zero-order chi connectivity index (χ0) is 28.7. The van der Waals surface area contributed by atoms with Crippen molar-refractivity contribution in [2.75, 3.05) is 6.54 Å². The lowest BCUT2D eigenvalue weighted by Crippen LogP contribution is -2.36. The van der Waals surface area contributed by atoms with Gasteiger partial charge in [-0.15, -0.1) is 5.10 Å². The van der Waals surface area contributed by atoms with Crippen LogP contribution in [0.5, 0.6) is 0 Å². The average Bonchev–Trinajstić information content (AvgIpc) is 3.38. The Balaban J connectivity index is 1.45. The monoisotopic (exact) mass is 554 g/mol. The summed E-state index contributed by atoms with van der Waals surface area (Å²) in [5, 5.41) is 19.1. The van der Waals surface area contributed by atoms with E-state index in [2.05, 4.69) is 10.3 Å². The Hall–Kier alpha value is -4.07. The second kappa shape index (κ2) is 11.1. The molecule has 0 aliphatic carbocycles. The molecule has 0 radical (unpaired) electrons. The van der Waals surface area contributed by atoms with Crippen LogP contribution in [0.15, 0.2) is 48.5 Å². The summed E-state index contributed by atoms with van der Waals surface area (Å²) in [7, 11) is 0. The number of hydrogen-bond acceptors (Lipinski definition) is 4. The van der Waals surface area contributed by atoms with Crippen LogP contribution in [0.25, 0.3) is 11.0 Å². The second-order valence-electron chi connectivity index (χ2n) is 11.5. The van der Waals surface area contributed by atoms with Gasteiger partial charge < -0.3 is 10.0 Å². The summed E-state index contributed by atoms with van der Waals surface area (Å²) in [5.74, 6) is -2.78. The fourth-order valence-electron chi connectivity index (χ4n) is 6.51. The number of carbonyl (C=O) groups excluding carboxylic acids is 1. The molecule has 0 spiro atoms. The molecule has 9 rings (SSSR count). The van der Waals surface area contributed by atoms with Crippen molar-refractivity contribution >= 4 is 22.9 Å². The van der Waals surface area contributed by atoms with E-state index in [1.54, 1.807) is 17.9 Å². The molecular formula is C33H35FN4O3. The summed E-state index contributed by atoms with van der Waals surface area (Å²) in [6.45, 7) is 5.34. The molecule has 8 heteroatoms. The van der Waals surface area contributed by atoms with E-state index in [-0.39, 0.29) is 11.5 Å². The van der Waals surface area contributed by atoms with Crippen molar-refractivity contribution in [3.63, 3.8) is 0 Å². The quantitative estimate of drug-likeness (QED) is 0.326. The van der Waals surface area contributed by atoms with E-state index in [1.165, 1.54) is 6.07 Å². The number of aromatic nitrogens is 3. The maximum atomic E-state index is 15.1. The van der Waals surface area contributed by atoms with Crippen LogP contribution in [0.1, 0.15) is 82.3 Å². The highest BCUT2D eigenvalue weighted by Crippen LogP contribution is 2.38. The van der Waals surface area contributed by atoms with Crippen LogP contribution in [-0.2, 0) is 30.7 Å². The lowest BCUT2D eigenvalue weighted by Gasteiger charge is -2.31. The van der Waals surface area contributed by atoms with Crippen LogP contribution >= 0.6 is 0 Å². The van der Waals surface area contributed by atoms with Gasteiger partial charge >= 0.3 is 5.97 Å². The SMILES string of the molecule is Cc1c2ccc3c1nnn3CCCCCCc1ccc(c(F)c1)C(=O)N1CCc3ccc(cc3C1)[C@@H]2[C@H](C)C(=O)O. The van der Waals surface area contributed by atoms with E-state index >= 15 is 4.39 Å². The highest BCUT2D eigenvalue weighted by molar-refractivity contribution is 5.94. The maximum Gasteiger partial charge on any atom is 0.307 e. The molecule has 2 atom stereocenters. The van der Waals surface area contributed by atoms with E-state index in [4.69, 9.17) is 0 Å². The molecule has 41 heavy (non-hydrogen) atoms. The molecule has 3 aromatic carbocycles. The predicted octanol–water partition coefficient (Wildman–Crippen LogP) is 6.05. The molecule has 7 nitrogen and oxygen atoms in total. The fourth-order valence-corrected chi connectivity index (χ4v) is 6.51. The van der Waals surface area contributed by atoms with Crippen LogP contribution < -0.4 is 0 Å². The van der Waals surface area contributed by atoms with Crippen molar-refractivity contribution in [3.8, 4) is 0 Å². The zero-order valence-corrected chi connectivity index (χ0v) is 23.6. The smallest absolute Gasteiger partial charge is 0.307 e. The number of aliphatic carboxylic acids is 1. The van der Waals surface area contributed by atoms with Gasteiger partial charge in [0.25, 0.3) is 5.91 Å². The number of amides is 1. The topological polar surface area (TPSA) is 88.3 Å². The van der Waals surface area contributed by atoms with Gasteiger partial charge in [-0.25, -0.2) is 9.07 Å². The third-order valence-corrected chi connectivity index (χ3v) is 8.95. The highest BCUT2D eigenvalue weighted by Gasteiger charge is 2.31. The number of carboxylic acid groups (broad SMARTS) is 1. The third-order valence-electron chi connectivity index (χ3n) is 8.95. The number of aryl methyl sites for hydroxylation is 3. The minimum atomic E-state index is -0.881. The molecule has 0 fully saturated rings. The summed E-state index contributed by atoms with van der Waals surface area (Å²) in [4.78, 5) is 27.5. The lowest BCUT2D eigenvalue weighted by atomic mass is 9.78. The summed E-state index contributed by atoms with van der Waals surface area (Å²) in [5.41, 5.74) is 7.56. The predicted molar refractivity (Wildman–Crippen MR) is 154 cm³/mol. The van der Waals surface area contributed by atoms with Crippen LogP contribution in [0.3, 0.4) is 0 Å². The summed E-state index contributed by atoms with van der Waals surface area (Å²) >= 11 is 0. The van der Waals surface area contributed by atoms with Gasteiger partial charge in [0, 0.05) is 25.6 Å². The maximum absolute atomic E-state index is 15.1. The van der Waals surface area contributed by atoms with Crippen molar-refractivity contribution in [1.82, 2.24) is 19.9 Å². The number of carbonyl (C=O) groups is 2. The largest absolute Gasteiger partial charge is 0.481 e. The first-order valence-electron chi connectivity index (χ1n) is 14.6. The van der Waals surface area contributed by atoms with Crippen LogP contribution in [0.4, 0.5) is 4.39 Å². The van der Waals surface area contributed by atoms with Gasteiger partial charge in [0.1, 0.15) is 11.3 Å².